The summed E-state index contributed by atoms with van der Waals surface area (Å²) in [4.78, 5) is 2.06. The Labute approximate surface area is 118 Å². The molecule has 0 aromatic rings. The van der Waals surface area contributed by atoms with E-state index in [9.17, 15) is 13.2 Å². The zero-order chi connectivity index (χ0) is 14.4. The maximum absolute atomic E-state index is 12.5. The van der Waals surface area contributed by atoms with Crippen molar-refractivity contribution in [1.29, 1.82) is 0 Å². The fourth-order valence-corrected chi connectivity index (χ4v) is 2.67. The van der Waals surface area contributed by atoms with Crippen LogP contribution in [0.15, 0.2) is 11.6 Å². The lowest BCUT2D eigenvalue weighted by molar-refractivity contribution is -0.0960. The van der Waals surface area contributed by atoms with Crippen LogP contribution < -0.4 is 5.32 Å². The van der Waals surface area contributed by atoms with Gasteiger partial charge >= 0.3 is 6.18 Å². The molecule has 1 N–H and O–H groups in total. The first-order chi connectivity index (χ1) is 9.55. The van der Waals surface area contributed by atoms with E-state index in [1.54, 1.807) is 0 Å². The predicted molar refractivity (Wildman–Crippen MR) is 71.7 cm³/mol. The molecule has 0 aromatic heterocycles. The Balaban J connectivity index is 1.58. The number of alkyl halides is 3. The average molecular weight is 292 g/mol. The smallest absolute Gasteiger partial charge is 0.378 e. The molecule has 116 valence electrons. The fourth-order valence-electron chi connectivity index (χ4n) is 2.67. The highest BCUT2D eigenvalue weighted by molar-refractivity contribution is 5.12. The highest BCUT2D eigenvalue weighted by Gasteiger charge is 2.34. The Hall–Kier alpha value is -0.590. The second kappa shape index (κ2) is 7.43. The lowest BCUT2D eigenvalue weighted by Gasteiger charge is -2.27. The number of nitrogens with zero attached hydrogens (tertiary/aromatic N) is 1. The van der Waals surface area contributed by atoms with E-state index < -0.39 is 6.18 Å². The summed E-state index contributed by atoms with van der Waals surface area (Å²) in [6, 6.07) is 0. The van der Waals surface area contributed by atoms with Gasteiger partial charge in [0.1, 0.15) is 0 Å². The van der Waals surface area contributed by atoms with Gasteiger partial charge in [-0.15, -0.1) is 0 Å². The third-order valence-corrected chi connectivity index (χ3v) is 3.92. The third kappa shape index (κ3) is 5.07. The molecule has 1 fully saturated rings. The van der Waals surface area contributed by atoms with E-state index in [0.29, 0.717) is 25.8 Å². The van der Waals surface area contributed by atoms with Crippen molar-refractivity contribution in [2.45, 2.75) is 38.0 Å². The molecular formula is C14H23F3N2O. The van der Waals surface area contributed by atoms with Crippen LogP contribution in [0.3, 0.4) is 0 Å². The summed E-state index contributed by atoms with van der Waals surface area (Å²) in [7, 11) is 0. The standard InChI is InChI=1S/C14H23F3N2O/c15-14(16,17)12-4-9-19(10-5-12)8-1-11-20-13-2-6-18-7-3-13/h4,13,18H,1-3,5-11H2. The van der Waals surface area contributed by atoms with E-state index in [2.05, 4.69) is 10.2 Å². The monoisotopic (exact) mass is 292 g/mol. The average Bonchev–Trinajstić information content (AvgIpc) is 2.44. The van der Waals surface area contributed by atoms with Crippen molar-refractivity contribution in [1.82, 2.24) is 10.2 Å². The molecule has 0 unspecified atom stereocenters. The molecule has 0 atom stereocenters. The molecule has 0 aromatic carbocycles. The quantitative estimate of drug-likeness (QED) is 0.622. The van der Waals surface area contributed by atoms with Crippen molar-refractivity contribution in [2.24, 2.45) is 0 Å². The van der Waals surface area contributed by atoms with Gasteiger partial charge in [-0.25, -0.2) is 0 Å². The van der Waals surface area contributed by atoms with Crippen LogP contribution >= 0.6 is 0 Å². The maximum atomic E-state index is 12.5. The number of ether oxygens (including phenoxy) is 1. The van der Waals surface area contributed by atoms with Gasteiger partial charge in [0, 0.05) is 31.8 Å². The van der Waals surface area contributed by atoms with Crippen LogP contribution in [-0.4, -0.2) is 56.5 Å². The molecule has 0 aliphatic carbocycles. The Bertz CT molecular complexity index is 325. The summed E-state index contributed by atoms with van der Waals surface area (Å²) in [5.74, 6) is 0. The van der Waals surface area contributed by atoms with Crippen molar-refractivity contribution in [3.63, 3.8) is 0 Å². The van der Waals surface area contributed by atoms with Crippen molar-refractivity contribution in [3.8, 4) is 0 Å². The molecule has 0 amide bonds. The largest absolute Gasteiger partial charge is 0.412 e. The van der Waals surface area contributed by atoms with E-state index in [1.165, 1.54) is 6.08 Å². The van der Waals surface area contributed by atoms with E-state index in [4.69, 9.17) is 4.74 Å². The molecular weight excluding hydrogens is 269 g/mol. The summed E-state index contributed by atoms with van der Waals surface area (Å²) in [5, 5.41) is 3.29. The number of nitrogens with one attached hydrogen (secondary N) is 1. The van der Waals surface area contributed by atoms with Gasteiger partial charge in [0.05, 0.1) is 6.10 Å². The zero-order valence-electron chi connectivity index (χ0n) is 11.7. The summed E-state index contributed by atoms with van der Waals surface area (Å²) in [6.07, 6.45) is 0.636. The lowest BCUT2D eigenvalue weighted by Crippen LogP contribution is -2.34. The van der Waals surface area contributed by atoms with Crippen LogP contribution in [-0.2, 0) is 4.74 Å². The summed E-state index contributed by atoms with van der Waals surface area (Å²) < 4.78 is 43.2. The molecule has 20 heavy (non-hydrogen) atoms. The summed E-state index contributed by atoms with van der Waals surface area (Å²) in [6.45, 7) is 4.45. The highest BCUT2D eigenvalue weighted by Crippen LogP contribution is 2.30. The van der Waals surface area contributed by atoms with Crippen molar-refractivity contribution in [2.75, 3.05) is 39.3 Å². The summed E-state index contributed by atoms with van der Waals surface area (Å²) >= 11 is 0. The second-order valence-electron chi connectivity index (χ2n) is 5.45. The first-order valence-corrected chi connectivity index (χ1v) is 7.36. The van der Waals surface area contributed by atoms with Gasteiger partial charge in [0.25, 0.3) is 0 Å². The van der Waals surface area contributed by atoms with Crippen LogP contribution in [0.25, 0.3) is 0 Å². The van der Waals surface area contributed by atoms with E-state index >= 15 is 0 Å². The van der Waals surface area contributed by atoms with Crippen molar-refractivity contribution < 1.29 is 17.9 Å². The van der Waals surface area contributed by atoms with Crippen LogP contribution in [0.1, 0.15) is 25.7 Å². The minimum Gasteiger partial charge on any atom is -0.378 e. The fraction of sp³-hybridized carbons (Fsp3) is 0.857. The molecule has 1 saturated heterocycles. The van der Waals surface area contributed by atoms with Crippen molar-refractivity contribution >= 4 is 0 Å². The van der Waals surface area contributed by atoms with Crippen LogP contribution in [0.2, 0.25) is 0 Å². The molecule has 0 radical (unpaired) electrons. The molecule has 2 heterocycles. The molecule has 2 aliphatic rings. The van der Waals surface area contributed by atoms with Crippen LogP contribution in [0.5, 0.6) is 0 Å². The summed E-state index contributed by atoms with van der Waals surface area (Å²) in [5.41, 5.74) is -0.375. The number of piperidine rings is 1. The van der Waals surface area contributed by atoms with Crippen molar-refractivity contribution in [3.05, 3.63) is 11.6 Å². The molecule has 2 rings (SSSR count). The normalized spacial score (nSPS) is 22.9. The first-order valence-electron chi connectivity index (χ1n) is 7.36. The maximum Gasteiger partial charge on any atom is 0.412 e. The Morgan fingerprint density at radius 3 is 2.65 bits per heavy atom. The Kier molecular flexibility index (Phi) is 5.86. The Morgan fingerprint density at radius 1 is 1.30 bits per heavy atom. The first kappa shape index (κ1) is 15.8. The number of rotatable bonds is 5. The van der Waals surface area contributed by atoms with E-state index in [0.717, 1.165) is 38.9 Å². The number of halogens is 3. The Morgan fingerprint density at radius 2 is 2.05 bits per heavy atom. The van der Waals surface area contributed by atoms with Gasteiger partial charge < -0.3 is 10.1 Å². The molecule has 0 spiro atoms. The molecule has 0 saturated carbocycles. The molecule has 6 heteroatoms. The van der Waals surface area contributed by atoms with Gasteiger partial charge in [-0.3, -0.25) is 4.90 Å². The topological polar surface area (TPSA) is 24.5 Å². The minimum absolute atomic E-state index is 0.110. The molecule has 3 nitrogen and oxygen atoms in total. The number of hydrogen-bond donors (Lipinski definition) is 1. The van der Waals surface area contributed by atoms with Gasteiger partial charge in [-0.05, 0) is 38.8 Å². The number of hydrogen-bond acceptors (Lipinski definition) is 3. The van der Waals surface area contributed by atoms with E-state index in [1.807, 2.05) is 0 Å². The van der Waals surface area contributed by atoms with E-state index in [-0.39, 0.29) is 12.0 Å². The van der Waals surface area contributed by atoms with Gasteiger partial charge in [-0.1, -0.05) is 6.08 Å². The third-order valence-electron chi connectivity index (χ3n) is 3.92. The zero-order valence-corrected chi connectivity index (χ0v) is 11.7. The van der Waals surface area contributed by atoms with Gasteiger partial charge in [0.15, 0.2) is 0 Å². The van der Waals surface area contributed by atoms with Gasteiger partial charge in [0.2, 0.25) is 0 Å². The lowest BCUT2D eigenvalue weighted by atomic mass is 10.1. The molecule has 2 aliphatic heterocycles. The molecule has 0 bridgehead atoms. The predicted octanol–water partition coefficient (Wildman–Crippen LogP) is 2.34. The highest BCUT2D eigenvalue weighted by atomic mass is 19.4. The second-order valence-corrected chi connectivity index (χ2v) is 5.45. The minimum atomic E-state index is -4.15. The van der Waals surface area contributed by atoms with Crippen LogP contribution in [0, 0.1) is 0 Å². The van der Waals surface area contributed by atoms with Gasteiger partial charge in [-0.2, -0.15) is 13.2 Å². The van der Waals surface area contributed by atoms with Crippen LogP contribution in [0.4, 0.5) is 13.2 Å². The SMILES string of the molecule is FC(F)(F)C1=CCN(CCCOC2CCNCC2)CC1.